The molecular weight excluding hydrogens is 465 g/mol. The summed E-state index contributed by atoms with van der Waals surface area (Å²) in [4.78, 5) is 38.6. The van der Waals surface area contributed by atoms with Crippen molar-refractivity contribution in [1.82, 2.24) is 5.32 Å². The van der Waals surface area contributed by atoms with E-state index in [1.807, 2.05) is 20.8 Å². The Bertz CT molecular complexity index is 1040. The number of alkyl carbamates (subject to hydrolysis) is 1. The number of hydrogen-bond donors (Lipinski definition) is 3. The van der Waals surface area contributed by atoms with Crippen molar-refractivity contribution in [2.45, 2.75) is 96.6 Å². The number of alkyl halides is 1. The monoisotopic (exact) mass is 505 g/mol. The van der Waals surface area contributed by atoms with Gasteiger partial charge in [0.15, 0.2) is 17.1 Å². The molecule has 0 heterocycles. The van der Waals surface area contributed by atoms with E-state index in [1.165, 1.54) is 12.2 Å². The zero-order chi connectivity index (χ0) is 26.9. The Balaban J connectivity index is 1.79. The molecular formula is C28H40FNO6. The molecule has 0 aliphatic heterocycles. The van der Waals surface area contributed by atoms with Gasteiger partial charge in [0.05, 0.1) is 6.10 Å². The van der Waals surface area contributed by atoms with Crippen LogP contribution in [0.4, 0.5) is 9.18 Å². The highest BCUT2D eigenvalue weighted by Crippen LogP contribution is 2.71. The first-order chi connectivity index (χ1) is 16.6. The molecule has 3 saturated carbocycles. The Morgan fingerprint density at radius 1 is 1.28 bits per heavy atom. The molecule has 0 radical (unpaired) electrons. The number of rotatable bonds is 5. The lowest BCUT2D eigenvalue weighted by atomic mass is 9.44. The molecule has 8 atom stereocenters. The molecule has 0 unspecified atom stereocenters. The normalized spacial score (nSPS) is 43.7. The number of carbonyl (C=O) groups excluding carboxylic acids is 3. The van der Waals surface area contributed by atoms with Crippen molar-refractivity contribution in [1.29, 1.82) is 0 Å². The maximum Gasteiger partial charge on any atom is 0.408 e. The van der Waals surface area contributed by atoms with Crippen LogP contribution in [0.3, 0.4) is 0 Å². The number of fused-ring (bicyclic) bond motifs is 5. The van der Waals surface area contributed by atoms with Crippen molar-refractivity contribution in [3.8, 4) is 0 Å². The maximum atomic E-state index is 17.4. The Kier molecular flexibility index (Phi) is 6.36. The third kappa shape index (κ3) is 3.39. The molecule has 4 rings (SSSR count). The Hall–Kier alpha value is -2.06. The van der Waals surface area contributed by atoms with Crippen molar-refractivity contribution in [2.24, 2.45) is 28.6 Å². The van der Waals surface area contributed by atoms with E-state index in [-0.39, 0.29) is 18.1 Å². The van der Waals surface area contributed by atoms with Gasteiger partial charge in [-0.15, -0.1) is 0 Å². The fourth-order valence-electron chi connectivity index (χ4n) is 8.05. The summed E-state index contributed by atoms with van der Waals surface area (Å²) in [5.74, 6) is -2.32. The second kappa shape index (κ2) is 8.48. The van der Waals surface area contributed by atoms with Crippen LogP contribution in [0.25, 0.3) is 0 Å². The van der Waals surface area contributed by atoms with Gasteiger partial charge in [0, 0.05) is 28.2 Å². The van der Waals surface area contributed by atoms with Crippen LogP contribution >= 0.6 is 0 Å². The van der Waals surface area contributed by atoms with Gasteiger partial charge in [-0.05, 0) is 70.9 Å². The second-order valence-corrected chi connectivity index (χ2v) is 12.5. The minimum Gasteiger partial charge on any atom is -0.434 e. The predicted octanol–water partition coefficient (Wildman–Crippen LogP) is 3.82. The minimum atomic E-state index is -2.05. The second-order valence-electron chi connectivity index (χ2n) is 12.5. The predicted molar refractivity (Wildman–Crippen MR) is 132 cm³/mol. The Morgan fingerprint density at radius 3 is 2.56 bits per heavy atom. The Labute approximate surface area is 212 Å². The van der Waals surface area contributed by atoms with Crippen LogP contribution in [0.1, 0.15) is 73.6 Å². The number of aliphatic hydroxyl groups excluding tert-OH is 2. The van der Waals surface area contributed by atoms with Crippen LogP contribution in [0.2, 0.25) is 0 Å². The number of aliphatic hydroxyl groups is 2. The summed E-state index contributed by atoms with van der Waals surface area (Å²) in [6.07, 6.45) is 4.04. The zero-order valence-electron chi connectivity index (χ0n) is 22.2. The third-order valence-electron chi connectivity index (χ3n) is 10.3. The summed E-state index contributed by atoms with van der Waals surface area (Å²) >= 11 is 0. The molecule has 0 aromatic heterocycles. The summed E-state index contributed by atoms with van der Waals surface area (Å²) in [5, 5.41) is 24.3. The van der Waals surface area contributed by atoms with Crippen molar-refractivity contribution in [2.75, 3.05) is 6.61 Å². The quantitative estimate of drug-likeness (QED) is 0.524. The molecule has 8 heteroatoms. The van der Waals surface area contributed by atoms with Gasteiger partial charge < -0.3 is 20.3 Å². The number of nitrogens with one attached hydrogen (secondary N) is 1. The lowest BCUT2D eigenvalue weighted by Crippen LogP contribution is -2.70. The van der Waals surface area contributed by atoms with Gasteiger partial charge in [0.25, 0.3) is 0 Å². The maximum absolute atomic E-state index is 17.4. The SMILES string of the molecule is CCC(C)(C)NC(=O)O[C@]1(C(=O)CO)[C@@H](C)C[C@H]2[C@@H]3CCC4=CC(=O)C=C[C@]4(C)[C@@]3(F)[C@@H](O)C[C@@]21C. The molecule has 7 nitrogen and oxygen atoms in total. The van der Waals surface area contributed by atoms with Crippen LogP contribution in [-0.4, -0.2) is 57.4 Å². The fourth-order valence-corrected chi connectivity index (χ4v) is 8.05. The molecule has 0 aromatic rings. The minimum absolute atomic E-state index is 0.115. The molecule has 4 aliphatic carbocycles. The number of allylic oxidation sites excluding steroid dienone is 4. The van der Waals surface area contributed by atoms with Crippen molar-refractivity contribution in [3.05, 3.63) is 23.8 Å². The van der Waals surface area contributed by atoms with Gasteiger partial charge in [-0.1, -0.05) is 32.4 Å². The molecule has 200 valence electrons. The van der Waals surface area contributed by atoms with E-state index in [1.54, 1.807) is 26.8 Å². The van der Waals surface area contributed by atoms with Gasteiger partial charge in [-0.25, -0.2) is 9.18 Å². The smallest absolute Gasteiger partial charge is 0.408 e. The van der Waals surface area contributed by atoms with Gasteiger partial charge in [0.1, 0.15) is 6.61 Å². The third-order valence-corrected chi connectivity index (χ3v) is 10.3. The van der Waals surface area contributed by atoms with Crippen LogP contribution in [-0.2, 0) is 14.3 Å². The summed E-state index contributed by atoms with van der Waals surface area (Å²) in [6.45, 7) is 10.1. The van der Waals surface area contributed by atoms with Crippen molar-refractivity contribution >= 4 is 17.7 Å². The first-order valence-electron chi connectivity index (χ1n) is 13.1. The Morgan fingerprint density at radius 2 is 1.94 bits per heavy atom. The van der Waals surface area contributed by atoms with Gasteiger partial charge in [-0.3, -0.25) is 9.59 Å². The highest BCUT2D eigenvalue weighted by atomic mass is 19.1. The number of ether oxygens (including phenoxy) is 1. The first kappa shape index (κ1) is 27.0. The molecule has 0 aromatic carbocycles. The van der Waals surface area contributed by atoms with Gasteiger partial charge in [-0.2, -0.15) is 0 Å². The average molecular weight is 506 g/mol. The molecule has 36 heavy (non-hydrogen) atoms. The highest BCUT2D eigenvalue weighted by molar-refractivity contribution is 6.01. The lowest BCUT2D eigenvalue weighted by molar-refractivity contribution is -0.219. The average Bonchev–Trinajstić information content (AvgIpc) is 3.01. The van der Waals surface area contributed by atoms with E-state index in [0.717, 1.165) is 0 Å². The van der Waals surface area contributed by atoms with Crippen molar-refractivity contribution < 1.29 is 33.7 Å². The standard InChI is InChI=1S/C28H40FNO6/c1-7-24(3,4)30-23(35)36-28(22(34)15-31)16(2)12-20-19-9-8-17-13-18(32)10-11-25(17,5)27(19,29)21(33)14-26(20,28)6/h10-11,13,16,19-21,31,33H,7-9,12,14-15H2,1-6H3,(H,30,35)/t16-,19-,20-,21-,25-,26-,27-,28-/m0/s1. The van der Waals surface area contributed by atoms with E-state index in [9.17, 15) is 24.6 Å². The largest absolute Gasteiger partial charge is 0.434 e. The topological polar surface area (TPSA) is 113 Å². The summed E-state index contributed by atoms with van der Waals surface area (Å²) < 4.78 is 23.4. The van der Waals surface area contributed by atoms with E-state index >= 15 is 4.39 Å². The fraction of sp³-hybridized carbons (Fsp3) is 0.750. The highest BCUT2D eigenvalue weighted by Gasteiger charge is 2.77. The number of ketones is 2. The number of carbonyl (C=O) groups is 3. The molecule has 3 fully saturated rings. The van der Waals surface area contributed by atoms with E-state index < -0.39 is 64.1 Å². The van der Waals surface area contributed by atoms with E-state index in [2.05, 4.69) is 5.32 Å². The summed E-state index contributed by atoms with van der Waals surface area (Å²) in [7, 11) is 0. The molecule has 1 amide bonds. The molecule has 4 aliphatic rings. The zero-order valence-corrected chi connectivity index (χ0v) is 22.2. The first-order valence-corrected chi connectivity index (χ1v) is 13.1. The lowest BCUT2D eigenvalue weighted by Gasteiger charge is -2.62. The van der Waals surface area contributed by atoms with E-state index in [0.29, 0.717) is 31.3 Å². The van der Waals surface area contributed by atoms with Crippen LogP contribution in [0, 0.1) is 28.6 Å². The number of hydrogen-bond acceptors (Lipinski definition) is 6. The molecule has 3 N–H and O–H groups in total. The van der Waals surface area contributed by atoms with Gasteiger partial charge in [0.2, 0.25) is 5.78 Å². The van der Waals surface area contributed by atoms with Crippen LogP contribution in [0.5, 0.6) is 0 Å². The summed E-state index contributed by atoms with van der Waals surface area (Å²) in [6, 6.07) is 0. The van der Waals surface area contributed by atoms with Gasteiger partial charge >= 0.3 is 6.09 Å². The summed E-state index contributed by atoms with van der Waals surface area (Å²) in [5.41, 5.74) is -5.90. The number of Topliss-reactive ketones (excluding diaryl/α,β-unsaturated/α-hetero) is 1. The number of amides is 1. The molecule has 0 spiro atoms. The van der Waals surface area contributed by atoms with E-state index in [4.69, 9.17) is 4.74 Å². The van der Waals surface area contributed by atoms with Crippen molar-refractivity contribution in [3.63, 3.8) is 0 Å². The van der Waals surface area contributed by atoms with Crippen LogP contribution in [0.15, 0.2) is 23.8 Å². The molecule has 0 bridgehead atoms. The number of halogens is 1. The van der Waals surface area contributed by atoms with Crippen LogP contribution < -0.4 is 5.32 Å². The molecule has 0 saturated heterocycles.